The minimum atomic E-state index is 0.288. The van der Waals surface area contributed by atoms with Crippen molar-refractivity contribution in [2.24, 2.45) is 11.7 Å². The molecule has 0 aliphatic carbocycles. The van der Waals surface area contributed by atoms with Crippen LogP contribution in [-0.4, -0.2) is 29.9 Å². The lowest BCUT2D eigenvalue weighted by atomic mass is 10.0. The van der Waals surface area contributed by atoms with Gasteiger partial charge in [-0.05, 0) is 18.8 Å². The summed E-state index contributed by atoms with van der Waals surface area (Å²) in [5.74, 6) is 0.951. The van der Waals surface area contributed by atoms with E-state index in [9.17, 15) is 4.79 Å². The Hall–Kier alpha value is -0.570. The molecule has 2 N–H and O–H groups in total. The number of carbonyl (C=O) groups is 1. The summed E-state index contributed by atoms with van der Waals surface area (Å²) in [5.41, 5.74) is 5.47. The maximum atomic E-state index is 11.4. The molecular formula is C10H20N2O. The van der Waals surface area contributed by atoms with E-state index in [2.05, 4.69) is 13.8 Å². The summed E-state index contributed by atoms with van der Waals surface area (Å²) in [6, 6.07) is 0.455. The Labute approximate surface area is 80.3 Å². The van der Waals surface area contributed by atoms with Crippen LogP contribution in [0.3, 0.4) is 0 Å². The second-order valence-corrected chi connectivity index (χ2v) is 4.20. The van der Waals surface area contributed by atoms with E-state index in [1.54, 1.807) is 0 Å². The Morgan fingerprint density at radius 3 is 2.85 bits per heavy atom. The molecule has 0 radical (unpaired) electrons. The Morgan fingerprint density at radius 2 is 2.31 bits per heavy atom. The Morgan fingerprint density at radius 1 is 1.62 bits per heavy atom. The van der Waals surface area contributed by atoms with Gasteiger partial charge in [-0.25, -0.2) is 0 Å². The quantitative estimate of drug-likeness (QED) is 0.708. The second-order valence-electron chi connectivity index (χ2n) is 4.20. The first-order valence-electron chi connectivity index (χ1n) is 5.14. The molecule has 1 amide bonds. The van der Waals surface area contributed by atoms with E-state index in [4.69, 9.17) is 5.73 Å². The molecule has 13 heavy (non-hydrogen) atoms. The molecular weight excluding hydrogens is 164 g/mol. The summed E-state index contributed by atoms with van der Waals surface area (Å²) in [6.45, 7) is 5.71. The van der Waals surface area contributed by atoms with Crippen LogP contribution < -0.4 is 5.73 Å². The minimum Gasteiger partial charge on any atom is -0.338 e. The maximum absolute atomic E-state index is 11.4. The Kier molecular flexibility index (Phi) is 3.72. The van der Waals surface area contributed by atoms with E-state index >= 15 is 0 Å². The fourth-order valence-electron chi connectivity index (χ4n) is 2.03. The predicted octanol–water partition coefficient (Wildman–Crippen LogP) is 0.982. The molecule has 1 saturated heterocycles. The molecule has 0 aromatic carbocycles. The summed E-state index contributed by atoms with van der Waals surface area (Å²) in [6.07, 6.45) is 2.86. The van der Waals surface area contributed by atoms with Crippen molar-refractivity contribution < 1.29 is 4.79 Å². The molecule has 3 nitrogen and oxygen atoms in total. The molecule has 0 saturated carbocycles. The molecule has 1 aliphatic rings. The molecule has 0 aromatic rings. The van der Waals surface area contributed by atoms with E-state index in [0.29, 0.717) is 18.5 Å². The second kappa shape index (κ2) is 4.61. The number of hydrogen-bond donors (Lipinski definition) is 1. The lowest BCUT2D eigenvalue weighted by molar-refractivity contribution is -0.129. The van der Waals surface area contributed by atoms with Crippen molar-refractivity contribution >= 4 is 5.91 Å². The van der Waals surface area contributed by atoms with Gasteiger partial charge in [0.15, 0.2) is 0 Å². The van der Waals surface area contributed by atoms with Crippen LogP contribution in [0.4, 0.5) is 0 Å². The normalized spacial score (nSPS) is 23.2. The summed E-state index contributed by atoms with van der Waals surface area (Å²) >= 11 is 0. The van der Waals surface area contributed by atoms with Crippen molar-refractivity contribution in [3.63, 3.8) is 0 Å². The van der Waals surface area contributed by atoms with E-state index in [0.717, 1.165) is 25.8 Å². The van der Waals surface area contributed by atoms with Gasteiger partial charge in [0.05, 0.1) is 0 Å². The third-order valence-corrected chi connectivity index (χ3v) is 2.57. The molecule has 3 heteroatoms. The van der Waals surface area contributed by atoms with Gasteiger partial charge in [-0.1, -0.05) is 13.8 Å². The zero-order valence-electron chi connectivity index (χ0n) is 8.62. The molecule has 1 rings (SSSR count). The van der Waals surface area contributed by atoms with Crippen LogP contribution in [0.5, 0.6) is 0 Å². The number of nitrogens with zero attached hydrogens (tertiary/aromatic N) is 1. The van der Waals surface area contributed by atoms with Gasteiger partial charge in [0.25, 0.3) is 0 Å². The van der Waals surface area contributed by atoms with Gasteiger partial charge in [-0.2, -0.15) is 0 Å². The molecule has 1 atom stereocenters. The summed E-state index contributed by atoms with van der Waals surface area (Å²) in [4.78, 5) is 13.4. The van der Waals surface area contributed by atoms with Gasteiger partial charge >= 0.3 is 0 Å². The SMILES string of the molecule is CC(C)CC1CCC(=O)N1CCN. The van der Waals surface area contributed by atoms with Crippen LogP contribution in [0.1, 0.15) is 33.1 Å². The van der Waals surface area contributed by atoms with Gasteiger partial charge in [0, 0.05) is 25.6 Å². The lowest BCUT2D eigenvalue weighted by Crippen LogP contribution is -2.37. The molecule has 0 bridgehead atoms. The van der Waals surface area contributed by atoms with Crippen LogP contribution in [-0.2, 0) is 4.79 Å². The zero-order chi connectivity index (χ0) is 9.84. The lowest BCUT2D eigenvalue weighted by Gasteiger charge is -2.25. The fourth-order valence-corrected chi connectivity index (χ4v) is 2.03. The third kappa shape index (κ3) is 2.69. The maximum Gasteiger partial charge on any atom is 0.222 e. The minimum absolute atomic E-state index is 0.288. The van der Waals surface area contributed by atoms with Crippen molar-refractivity contribution in [2.45, 2.75) is 39.2 Å². The third-order valence-electron chi connectivity index (χ3n) is 2.57. The molecule has 1 fully saturated rings. The average molecular weight is 184 g/mol. The Bertz CT molecular complexity index is 180. The van der Waals surface area contributed by atoms with E-state index in [1.165, 1.54) is 0 Å². The predicted molar refractivity (Wildman–Crippen MR) is 53.2 cm³/mol. The van der Waals surface area contributed by atoms with Crippen LogP contribution >= 0.6 is 0 Å². The van der Waals surface area contributed by atoms with Gasteiger partial charge in [-0.15, -0.1) is 0 Å². The average Bonchev–Trinajstić information content (AvgIpc) is 2.35. The summed E-state index contributed by atoms with van der Waals surface area (Å²) in [5, 5.41) is 0. The van der Waals surface area contributed by atoms with Crippen molar-refractivity contribution in [1.29, 1.82) is 0 Å². The van der Waals surface area contributed by atoms with Gasteiger partial charge in [0.1, 0.15) is 0 Å². The number of nitrogens with two attached hydrogens (primary N) is 1. The highest BCUT2D eigenvalue weighted by atomic mass is 16.2. The van der Waals surface area contributed by atoms with Crippen LogP contribution in [0.2, 0.25) is 0 Å². The van der Waals surface area contributed by atoms with Gasteiger partial charge in [-0.3, -0.25) is 4.79 Å². The standard InChI is InChI=1S/C10H20N2O/c1-8(2)7-9-3-4-10(13)12(9)6-5-11/h8-9H,3-7,11H2,1-2H3. The van der Waals surface area contributed by atoms with Crippen molar-refractivity contribution in [1.82, 2.24) is 4.90 Å². The first-order valence-corrected chi connectivity index (χ1v) is 5.14. The number of carbonyl (C=O) groups excluding carboxylic acids is 1. The van der Waals surface area contributed by atoms with Gasteiger partial charge in [0.2, 0.25) is 5.91 Å². The van der Waals surface area contributed by atoms with Crippen molar-refractivity contribution in [3.8, 4) is 0 Å². The smallest absolute Gasteiger partial charge is 0.222 e. The largest absolute Gasteiger partial charge is 0.338 e. The molecule has 1 unspecified atom stereocenters. The highest BCUT2D eigenvalue weighted by Gasteiger charge is 2.30. The van der Waals surface area contributed by atoms with E-state index < -0.39 is 0 Å². The monoisotopic (exact) mass is 184 g/mol. The highest BCUT2D eigenvalue weighted by Crippen LogP contribution is 2.23. The number of amides is 1. The van der Waals surface area contributed by atoms with Crippen LogP contribution in [0.25, 0.3) is 0 Å². The van der Waals surface area contributed by atoms with Crippen LogP contribution in [0, 0.1) is 5.92 Å². The van der Waals surface area contributed by atoms with Crippen molar-refractivity contribution in [2.75, 3.05) is 13.1 Å². The van der Waals surface area contributed by atoms with Crippen LogP contribution in [0.15, 0.2) is 0 Å². The first kappa shape index (κ1) is 10.5. The van der Waals surface area contributed by atoms with E-state index in [-0.39, 0.29) is 5.91 Å². The zero-order valence-corrected chi connectivity index (χ0v) is 8.62. The molecule has 0 spiro atoms. The molecule has 1 heterocycles. The summed E-state index contributed by atoms with van der Waals surface area (Å²) in [7, 11) is 0. The number of likely N-dealkylation sites (tertiary alicyclic amines) is 1. The highest BCUT2D eigenvalue weighted by molar-refractivity contribution is 5.78. The van der Waals surface area contributed by atoms with Crippen molar-refractivity contribution in [3.05, 3.63) is 0 Å². The summed E-state index contributed by atoms with van der Waals surface area (Å²) < 4.78 is 0. The number of hydrogen-bond acceptors (Lipinski definition) is 2. The number of rotatable bonds is 4. The first-order chi connectivity index (χ1) is 6.15. The molecule has 1 aliphatic heterocycles. The molecule has 0 aromatic heterocycles. The van der Waals surface area contributed by atoms with Gasteiger partial charge < -0.3 is 10.6 Å². The Balaban J connectivity index is 2.48. The topological polar surface area (TPSA) is 46.3 Å². The van der Waals surface area contributed by atoms with E-state index in [1.807, 2.05) is 4.90 Å². The fraction of sp³-hybridized carbons (Fsp3) is 0.900. The molecule has 76 valence electrons.